The first kappa shape index (κ1) is 15.3. The van der Waals surface area contributed by atoms with Gasteiger partial charge in [0.2, 0.25) is 5.91 Å². The Kier molecular flexibility index (Phi) is 4.77. The van der Waals surface area contributed by atoms with E-state index in [0.717, 1.165) is 4.90 Å². The Balaban J connectivity index is 2.65. The maximum Gasteiger partial charge on any atom is 0.401 e. The van der Waals surface area contributed by atoms with Crippen LogP contribution < -0.4 is 11.1 Å². The predicted molar refractivity (Wildman–Crippen MR) is 67.6 cm³/mol. The van der Waals surface area contributed by atoms with Crippen LogP contribution in [0.5, 0.6) is 0 Å². The lowest BCUT2D eigenvalue weighted by Crippen LogP contribution is -2.44. The van der Waals surface area contributed by atoms with Crippen LogP contribution in [0, 0.1) is 0 Å². The monoisotopic (exact) mass is 275 g/mol. The maximum absolute atomic E-state index is 12.2. The van der Waals surface area contributed by atoms with Gasteiger partial charge in [0.05, 0.1) is 24.0 Å². The lowest BCUT2D eigenvalue weighted by molar-refractivity contribution is -0.149. The highest BCUT2D eigenvalue weighted by Crippen LogP contribution is 2.19. The molecule has 0 aliphatic heterocycles. The number of carbonyl (C=O) groups is 1. The molecule has 0 aliphatic carbocycles. The largest absolute Gasteiger partial charge is 0.401 e. The molecular weight excluding hydrogens is 259 g/mol. The number of anilines is 2. The van der Waals surface area contributed by atoms with Crippen LogP contribution in [0.4, 0.5) is 24.5 Å². The van der Waals surface area contributed by atoms with E-state index in [1.165, 1.54) is 14.0 Å². The summed E-state index contributed by atoms with van der Waals surface area (Å²) in [5, 5.41) is 2.50. The Hall–Kier alpha value is -1.76. The highest BCUT2D eigenvalue weighted by molar-refractivity contribution is 5.96. The zero-order chi connectivity index (χ0) is 14.6. The number of benzene rings is 1. The molecule has 19 heavy (non-hydrogen) atoms. The molecule has 0 fully saturated rings. The second-order valence-electron chi connectivity index (χ2n) is 4.28. The number of nitrogens with zero attached hydrogens (tertiary/aromatic N) is 1. The number of hydrogen-bond donors (Lipinski definition) is 2. The summed E-state index contributed by atoms with van der Waals surface area (Å²) in [4.78, 5) is 12.7. The van der Waals surface area contributed by atoms with Gasteiger partial charge in [-0.25, -0.2) is 0 Å². The molecule has 0 aliphatic rings. The fraction of sp³-hybridized carbons (Fsp3) is 0.417. The SMILES string of the molecule is CC(C(=O)Nc1ccccc1N)N(C)CC(F)(F)F. The van der Waals surface area contributed by atoms with Crippen LogP contribution in [-0.2, 0) is 4.79 Å². The summed E-state index contributed by atoms with van der Waals surface area (Å²) in [5.74, 6) is -0.537. The van der Waals surface area contributed by atoms with Gasteiger partial charge in [0.25, 0.3) is 0 Å². The third kappa shape index (κ3) is 4.78. The van der Waals surface area contributed by atoms with Crippen molar-refractivity contribution >= 4 is 17.3 Å². The normalized spacial score (nSPS) is 13.4. The van der Waals surface area contributed by atoms with E-state index in [-0.39, 0.29) is 0 Å². The number of nitrogens with one attached hydrogen (secondary N) is 1. The first-order valence-corrected chi connectivity index (χ1v) is 5.63. The van der Waals surface area contributed by atoms with E-state index in [1.54, 1.807) is 24.3 Å². The standard InChI is InChI=1S/C12H16F3N3O/c1-8(18(2)7-12(13,14)15)11(19)17-10-6-4-3-5-9(10)16/h3-6,8H,7,16H2,1-2H3,(H,17,19). The number of alkyl halides is 3. The summed E-state index contributed by atoms with van der Waals surface area (Å²) < 4.78 is 36.7. The van der Waals surface area contributed by atoms with Crippen molar-refractivity contribution in [3.63, 3.8) is 0 Å². The third-order valence-corrected chi connectivity index (χ3v) is 2.69. The van der Waals surface area contributed by atoms with E-state index >= 15 is 0 Å². The molecule has 1 aromatic rings. The van der Waals surface area contributed by atoms with Gasteiger partial charge in [0.15, 0.2) is 0 Å². The number of amides is 1. The Labute approximate surface area is 109 Å². The van der Waals surface area contributed by atoms with Crippen LogP contribution in [0.1, 0.15) is 6.92 Å². The Morgan fingerprint density at radius 2 is 2.00 bits per heavy atom. The van der Waals surface area contributed by atoms with Gasteiger partial charge in [0, 0.05) is 0 Å². The molecule has 0 aromatic heterocycles. The molecule has 106 valence electrons. The van der Waals surface area contributed by atoms with Gasteiger partial charge in [-0.05, 0) is 26.1 Å². The van der Waals surface area contributed by atoms with Crippen LogP contribution in [0.25, 0.3) is 0 Å². The maximum atomic E-state index is 12.2. The minimum absolute atomic E-state index is 0.363. The Bertz CT molecular complexity index is 448. The molecule has 0 radical (unpaired) electrons. The molecule has 1 rings (SSSR count). The number of hydrogen-bond acceptors (Lipinski definition) is 3. The number of nitrogens with two attached hydrogens (primary N) is 1. The fourth-order valence-electron chi connectivity index (χ4n) is 1.47. The number of halogens is 3. The van der Waals surface area contributed by atoms with Crippen LogP contribution in [0.3, 0.4) is 0 Å². The summed E-state index contributed by atoms with van der Waals surface area (Å²) in [7, 11) is 1.24. The fourth-order valence-corrected chi connectivity index (χ4v) is 1.47. The van der Waals surface area contributed by atoms with Crippen LogP contribution >= 0.6 is 0 Å². The molecule has 3 N–H and O–H groups in total. The highest BCUT2D eigenvalue weighted by Gasteiger charge is 2.32. The quantitative estimate of drug-likeness (QED) is 0.827. The summed E-state index contributed by atoms with van der Waals surface area (Å²) in [6.45, 7) is 0.256. The van der Waals surface area contributed by atoms with Crippen molar-refractivity contribution in [2.75, 3.05) is 24.6 Å². The molecule has 0 heterocycles. The average Bonchev–Trinajstić information content (AvgIpc) is 2.28. The molecule has 0 spiro atoms. The van der Waals surface area contributed by atoms with Gasteiger partial charge in [-0.3, -0.25) is 9.69 Å². The van der Waals surface area contributed by atoms with E-state index < -0.39 is 24.7 Å². The average molecular weight is 275 g/mol. The Morgan fingerprint density at radius 3 is 2.53 bits per heavy atom. The first-order chi connectivity index (χ1) is 8.70. The number of para-hydroxylation sites is 2. The van der Waals surface area contributed by atoms with Gasteiger partial charge in [-0.1, -0.05) is 12.1 Å². The minimum atomic E-state index is -4.34. The lowest BCUT2D eigenvalue weighted by atomic mass is 10.2. The number of likely N-dealkylation sites (N-methyl/N-ethyl adjacent to an activating group) is 1. The minimum Gasteiger partial charge on any atom is -0.397 e. The van der Waals surface area contributed by atoms with Gasteiger partial charge in [-0.15, -0.1) is 0 Å². The zero-order valence-electron chi connectivity index (χ0n) is 10.7. The molecule has 0 saturated carbocycles. The van der Waals surface area contributed by atoms with Crippen molar-refractivity contribution in [1.29, 1.82) is 0 Å². The van der Waals surface area contributed by atoms with Crippen LogP contribution in [-0.4, -0.2) is 36.6 Å². The van der Waals surface area contributed by atoms with Crippen LogP contribution in [0.2, 0.25) is 0 Å². The van der Waals surface area contributed by atoms with E-state index in [1.807, 2.05) is 0 Å². The van der Waals surface area contributed by atoms with Crippen molar-refractivity contribution < 1.29 is 18.0 Å². The van der Waals surface area contributed by atoms with Crippen molar-refractivity contribution in [2.24, 2.45) is 0 Å². The highest BCUT2D eigenvalue weighted by atomic mass is 19.4. The van der Waals surface area contributed by atoms with Gasteiger partial charge in [0.1, 0.15) is 0 Å². The summed E-state index contributed by atoms with van der Waals surface area (Å²) >= 11 is 0. The molecule has 7 heteroatoms. The van der Waals surface area contributed by atoms with Gasteiger partial charge in [-0.2, -0.15) is 13.2 Å². The molecule has 1 unspecified atom stereocenters. The molecule has 1 amide bonds. The topological polar surface area (TPSA) is 58.4 Å². The van der Waals surface area contributed by atoms with Crippen molar-refractivity contribution in [1.82, 2.24) is 4.90 Å². The molecule has 0 saturated heterocycles. The molecule has 0 bridgehead atoms. The van der Waals surface area contributed by atoms with Gasteiger partial charge < -0.3 is 11.1 Å². The van der Waals surface area contributed by atoms with Crippen molar-refractivity contribution in [3.05, 3.63) is 24.3 Å². The van der Waals surface area contributed by atoms with Gasteiger partial charge >= 0.3 is 6.18 Å². The molecule has 1 atom stereocenters. The first-order valence-electron chi connectivity index (χ1n) is 5.63. The van der Waals surface area contributed by atoms with E-state index in [2.05, 4.69) is 5.32 Å². The van der Waals surface area contributed by atoms with Crippen LogP contribution in [0.15, 0.2) is 24.3 Å². The zero-order valence-corrected chi connectivity index (χ0v) is 10.7. The molecular formula is C12H16F3N3O. The Morgan fingerprint density at radius 1 is 1.42 bits per heavy atom. The van der Waals surface area contributed by atoms with E-state index in [4.69, 9.17) is 5.73 Å². The second kappa shape index (κ2) is 5.92. The number of rotatable bonds is 4. The third-order valence-electron chi connectivity index (χ3n) is 2.69. The predicted octanol–water partition coefficient (Wildman–Crippen LogP) is 2.09. The number of carbonyl (C=O) groups excluding carboxylic acids is 1. The smallest absolute Gasteiger partial charge is 0.397 e. The van der Waals surface area contributed by atoms with Crippen molar-refractivity contribution in [3.8, 4) is 0 Å². The summed E-state index contributed by atoms with van der Waals surface area (Å²) in [6, 6.07) is 5.64. The summed E-state index contributed by atoms with van der Waals surface area (Å²) in [6.07, 6.45) is -4.34. The number of nitrogen functional groups attached to an aromatic ring is 1. The summed E-state index contributed by atoms with van der Waals surface area (Å²) in [5.41, 5.74) is 6.39. The van der Waals surface area contributed by atoms with Crippen molar-refractivity contribution in [2.45, 2.75) is 19.1 Å². The lowest BCUT2D eigenvalue weighted by Gasteiger charge is -2.25. The van der Waals surface area contributed by atoms with E-state index in [9.17, 15) is 18.0 Å². The molecule has 1 aromatic carbocycles. The molecule has 4 nitrogen and oxygen atoms in total. The van der Waals surface area contributed by atoms with E-state index in [0.29, 0.717) is 11.4 Å². The second-order valence-corrected chi connectivity index (χ2v) is 4.28.